The maximum absolute atomic E-state index is 3.59. The van der Waals surface area contributed by atoms with Crippen LogP contribution in [0.3, 0.4) is 0 Å². The number of benzene rings is 1. The van der Waals surface area contributed by atoms with E-state index in [1.165, 1.54) is 24.2 Å². The number of anilines is 1. The molecule has 0 spiro atoms. The van der Waals surface area contributed by atoms with E-state index in [-0.39, 0.29) is 5.54 Å². The number of rotatable bonds is 4. The Morgan fingerprint density at radius 1 is 1.28 bits per heavy atom. The largest absolute Gasteiger partial charge is 0.371 e. The van der Waals surface area contributed by atoms with E-state index in [9.17, 15) is 0 Å². The van der Waals surface area contributed by atoms with Crippen LogP contribution in [-0.4, -0.2) is 25.2 Å². The van der Waals surface area contributed by atoms with E-state index in [2.05, 4.69) is 62.2 Å². The Kier molecular flexibility index (Phi) is 3.96. The van der Waals surface area contributed by atoms with E-state index < -0.39 is 0 Å². The van der Waals surface area contributed by atoms with Crippen molar-refractivity contribution >= 4 is 5.69 Å². The molecule has 0 radical (unpaired) electrons. The Morgan fingerprint density at radius 3 is 2.72 bits per heavy atom. The van der Waals surface area contributed by atoms with Gasteiger partial charge < -0.3 is 10.2 Å². The fraction of sp³-hybridized carbons (Fsp3) is 0.625. The second-order valence-electron chi connectivity index (χ2n) is 6.56. The molecule has 2 heteroatoms. The highest BCUT2D eigenvalue weighted by Gasteiger charge is 2.20. The fourth-order valence-electron chi connectivity index (χ4n) is 2.52. The second kappa shape index (κ2) is 5.31. The maximum atomic E-state index is 3.59. The van der Waals surface area contributed by atoms with Crippen molar-refractivity contribution in [1.82, 2.24) is 5.32 Å². The van der Waals surface area contributed by atoms with Crippen molar-refractivity contribution in [2.45, 2.75) is 39.7 Å². The molecule has 0 fully saturated rings. The average Bonchev–Trinajstić information content (AvgIpc) is 2.70. The molecule has 1 unspecified atom stereocenters. The number of nitrogens with zero attached hydrogens (tertiary/aromatic N) is 1. The van der Waals surface area contributed by atoms with E-state index in [0.29, 0.717) is 5.92 Å². The highest BCUT2D eigenvalue weighted by molar-refractivity contribution is 5.57. The summed E-state index contributed by atoms with van der Waals surface area (Å²) >= 11 is 0. The topological polar surface area (TPSA) is 15.3 Å². The summed E-state index contributed by atoms with van der Waals surface area (Å²) in [6.07, 6.45) is 1.20. The molecule has 2 nitrogen and oxygen atoms in total. The Labute approximate surface area is 111 Å². The smallest absolute Gasteiger partial charge is 0.0399 e. The van der Waals surface area contributed by atoms with E-state index in [4.69, 9.17) is 0 Å². The molecule has 1 atom stereocenters. The fourth-order valence-corrected chi connectivity index (χ4v) is 2.52. The van der Waals surface area contributed by atoms with Gasteiger partial charge in [0.25, 0.3) is 0 Å². The standard InChI is InChI=1S/C16H26N2/c1-13(11-17-16(2,3)4)12-18-10-9-14-7-5-6-8-15(14)18/h5-8,13,17H,9-12H2,1-4H3. The van der Waals surface area contributed by atoms with Gasteiger partial charge >= 0.3 is 0 Å². The Morgan fingerprint density at radius 2 is 2.00 bits per heavy atom. The molecule has 100 valence electrons. The molecule has 2 rings (SSSR count). The molecule has 0 amide bonds. The number of nitrogens with one attached hydrogen (secondary N) is 1. The summed E-state index contributed by atoms with van der Waals surface area (Å²) in [5, 5.41) is 3.59. The molecule has 1 aromatic rings. The summed E-state index contributed by atoms with van der Waals surface area (Å²) in [5.74, 6) is 0.676. The van der Waals surface area contributed by atoms with Gasteiger partial charge in [-0.15, -0.1) is 0 Å². The molecule has 1 heterocycles. The summed E-state index contributed by atoms with van der Waals surface area (Å²) in [7, 11) is 0. The van der Waals surface area contributed by atoms with Crippen LogP contribution in [0.1, 0.15) is 33.3 Å². The quantitative estimate of drug-likeness (QED) is 0.878. The Bertz CT molecular complexity index is 392. The van der Waals surface area contributed by atoms with Crippen molar-refractivity contribution in [3.63, 3.8) is 0 Å². The minimum absolute atomic E-state index is 0.219. The molecule has 0 saturated carbocycles. The van der Waals surface area contributed by atoms with Gasteiger partial charge in [-0.3, -0.25) is 0 Å². The zero-order chi connectivity index (χ0) is 13.2. The molecular weight excluding hydrogens is 220 g/mol. The van der Waals surface area contributed by atoms with Crippen LogP contribution in [0.4, 0.5) is 5.69 Å². The lowest BCUT2D eigenvalue weighted by Gasteiger charge is -2.27. The van der Waals surface area contributed by atoms with Gasteiger partial charge in [-0.05, 0) is 51.3 Å². The van der Waals surface area contributed by atoms with Crippen LogP contribution in [0, 0.1) is 5.92 Å². The lowest BCUT2D eigenvalue weighted by atomic mass is 10.1. The number of hydrogen-bond acceptors (Lipinski definition) is 2. The molecular formula is C16H26N2. The number of hydrogen-bond donors (Lipinski definition) is 1. The highest BCUT2D eigenvalue weighted by Crippen LogP contribution is 2.27. The van der Waals surface area contributed by atoms with Gasteiger partial charge in [0.15, 0.2) is 0 Å². The van der Waals surface area contributed by atoms with Crippen LogP contribution in [0.15, 0.2) is 24.3 Å². The molecule has 0 aromatic heterocycles. The first-order valence-corrected chi connectivity index (χ1v) is 7.03. The molecule has 0 aliphatic carbocycles. The first-order chi connectivity index (χ1) is 8.46. The van der Waals surface area contributed by atoms with E-state index in [0.717, 1.165) is 13.1 Å². The van der Waals surface area contributed by atoms with Crippen LogP contribution in [-0.2, 0) is 6.42 Å². The number of para-hydroxylation sites is 1. The van der Waals surface area contributed by atoms with Crippen molar-refractivity contribution < 1.29 is 0 Å². The van der Waals surface area contributed by atoms with Gasteiger partial charge in [-0.25, -0.2) is 0 Å². The SMILES string of the molecule is CC(CNC(C)(C)C)CN1CCc2ccccc21. The molecule has 0 saturated heterocycles. The summed E-state index contributed by atoms with van der Waals surface area (Å²) in [5.41, 5.74) is 3.17. The molecule has 0 bridgehead atoms. The van der Waals surface area contributed by atoms with Crippen LogP contribution >= 0.6 is 0 Å². The highest BCUT2D eigenvalue weighted by atomic mass is 15.2. The van der Waals surface area contributed by atoms with Crippen molar-refractivity contribution in [3.05, 3.63) is 29.8 Å². The third-order valence-corrected chi connectivity index (χ3v) is 3.50. The first kappa shape index (κ1) is 13.4. The summed E-state index contributed by atoms with van der Waals surface area (Å²) in [4.78, 5) is 2.53. The molecule has 1 N–H and O–H groups in total. The molecule has 1 aliphatic rings. The molecule has 1 aromatic carbocycles. The third-order valence-electron chi connectivity index (χ3n) is 3.50. The van der Waals surface area contributed by atoms with Crippen molar-refractivity contribution in [3.8, 4) is 0 Å². The number of fused-ring (bicyclic) bond motifs is 1. The Balaban J connectivity index is 1.88. The zero-order valence-electron chi connectivity index (χ0n) is 12.2. The predicted molar refractivity (Wildman–Crippen MR) is 79.3 cm³/mol. The lowest BCUT2D eigenvalue weighted by Crippen LogP contribution is -2.41. The summed E-state index contributed by atoms with van der Waals surface area (Å²) in [6, 6.07) is 8.81. The van der Waals surface area contributed by atoms with Gasteiger partial charge in [0.1, 0.15) is 0 Å². The summed E-state index contributed by atoms with van der Waals surface area (Å²) < 4.78 is 0. The second-order valence-corrected chi connectivity index (χ2v) is 6.56. The summed E-state index contributed by atoms with van der Waals surface area (Å²) in [6.45, 7) is 12.4. The van der Waals surface area contributed by atoms with Crippen LogP contribution in [0.2, 0.25) is 0 Å². The van der Waals surface area contributed by atoms with Gasteiger partial charge in [0.2, 0.25) is 0 Å². The van der Waals surface area contributed by atoms with Gasteiger partial charge in [-0.1, -0.05) is 25.1 Å². The van der Waals surface area contributed by atoms with Gasteiger partial charge in [0, 0.05) is 24.3 Å². The van der Waals surface area contributed by atoms with Crippen LogP contribution < -0.4 is 10.2 Å². The van der Waals surface area contributed by atoms with E-state index >= 15 is 0 Å². The minimum atomic E-state index is 0.219. The first-order valence-electron chi connectivity index (χ1n) is 7.03. The van der Waals surface area contributed by atoms with Crippen LogP contribution in [0.5, 0.6) is 0 Å². The normalized spacial score (nSPS) is 16.8. The van der Waals surface area contributed by atoms with E-state index in [1.54, 1.807) is 0 Å². The monoisotopic (exact) mass is 246 g/mol. The third kappa shape index (κ3) is 3.49. The average molecular weight is 246 g/mol. The van der Waals surface area contributed by atoms with Crippen LogP contribution in [0.25, 0.3) is 0 Å². The predicted octanol–water partition coefficient (Wildman–Crippen LogP) is 3.07. The van der Waals surface area contributed by atoms with Crippen molar-refractivity contribution in [1.29, 1.82) is 0 Å². The van der Waals surface area contributed by atoms with Crippen molar-refractivity contribution in [2.24, 2.45) is 5.92 Å². The lowest BCUT2D eigenvalue weighted by molar-refractivity contribution is 0.382. The minimum Gasteiger partial charge on any atom is -0.371 e. The zero-order valence-corrected chi connectivity index (χ0v) is 12.2. The molecule has 18 heavy (non-hydrogen) atoms. The van der Waals surface area contributed by atoms with Gasteiger partial charge in [0.05, 0.1) is 0 Å². The van der Waals surface area contributed by atoms with Gasteiger partial charge in [-0.2, -0.15) is 0 Å². The van der Waals surface area contributed by atoms with E-state index in [1.807, 2.05) is 0 Å². The Hall–Kier alpha value is -1.02. The van der Waals surface area contributed by atoms with Crippen molar-refractivity contribution in [2.75, 3.05) is 24.5 Å². The molecule has 1 aliphatic heterocycles. The maximum Gasteiger partial charge on any atom is 0.0399 e.